The van der Waals surface area contributed by atoms with Crippen LogP contribution in [0.3, 0.4) is 0 Å². The second kappa shape index (κ2) is 7.21. The number of thiazole rings is 1. The fourth-order valence-corrected chi connectivity index (χ4v) is 5.19. The van der Waals surface area contributed by atoms with Crippen LogP contribution in [0, 0.1) is 0 Å². The van der Waals surface area contributed by atoms with Crippen molar-refractivity contribution in [3.63, 3.8) is 0 Å². The molecule has 0 bridgehead atoms. The lowest BCUT2D eigenvalue weighted by Gasteiger charge is -2.23. The Morgan fingerprint density at radius 1 is 1.14 bits per heavy atom. The fourth-order valence-electron chi connectivity index (χ4n) is 3.35. The van der Waals surface area contributed by atoms with Gasteiger partial charge in [-0.3, -0.25) is 4.79 Å². The Bertz CT molecular complexity index is 1090. The minimum absolute atomic E-state index is 0.144. The van der Waals surface area contributed by atoms with Crippen molar-refractivity contribution in [3.05, 3.63) is 59.1 Å². The quantitative estimate of drug-likeness (QED) is 0.630. The van der Waals surface area contributed by atoms with Crippen molar-refractivity contribution in [2.45, 2.75) is 29.5 Å². The van der Waals surface area contributed by atoms with Gasteiger partial charge in [-0.05, 0) is 49.2 Å². The van der Waals surface area contributed by atoms with E-state index in [2.05, 4.69) is 4.98 Å². The molecule has 1 amide bonds. The van der Waals surface area contributed by atoms with Gasteiger partial charge in [0.25, 0.3) is 5.91 Å². The summed E-state index contributed by atoms with van der Waals surface area (Å²) in [4.78, 5) is 18.8. The Morgan fingerprint density at radius 2 is 1.86 bits per heavy atom. The van der Waals surface area contributed by atoms with E-state index in [1.54, 1.807) is 16.2 Å². The highest BCUT2D eigenvalue weighted by atomic mass is 32.2. The number of para-hydroxylation sites is 1. The maximum atomic E-state index is 12.9. The van der Waals surface area contributed by atoms with Gasteiger partial charge < -0.3 is 4.90 Å². The van der Waals surface area contributed by atoms with Crippen molar-refractivity contribution in [1.82, 2.24) is 9.88 Å². The zero-order valence-electron chi connectivity index (χ0n) is 14.6. The molecule has 3 aromatic rings. The Kier molecular flexibility index (Phi) is 4.88. The smallest absolute Gasteiger partial charge is 0.329 e. The van der Waals surface area contributed by atoms with Crippen LogP contribution in [0.4, 0.5) is 8.78 Å². The molecule has 1 saturated heterocycles. The van der Waals surface area contributed by atoms with Gasteiger partial charge in [-0.15, -0.1) is 11.3 Å². The summed E-state index contributed by atoms with van der Waals surface area (Å²) in [6.45, 7) is 0.566. The molecule has 1 fully saturated rings. The van der Waals surface area contributed by atoms with Crippen LogP contribution in [-0.2, 0) is 9.84 Å². The molecule has 28 heavy (non-hydrogen) atoms. The Morgan fingerprint density at radius 3 is 2.54 bits per heavy atom. The lowest BCUT2D eigenvalue weighted by atomic mass is 10.1. The third-order valence-corrected chi connectivity index (χ3v) is 7.31. The molecule has 5 nitrogen and oxygen atoms in total. The number of sulfone groups is 1. The normalized spacial score (nSPS) is 17.5. The molecule has 4 rings (SSSR count). The van der Waals surface area contributed by atoms with E-state index in [0.29, 0.717) is 6.54 Å². The average Bonchev–Trinajstić information content (AvgIpc) is 3.33. The van der Waals surface area contributed by atoms with E-state index in [9.17, 15) is 22.0 Å². The molecule has 0 radical (unpaired) electrons. The van der Waals surface area contributed by atoms with Crippen molar-refractivity contribution >= 4 is 37.3 Å². The maximum Gasteiger partial charge on any atom is 0.341 e. The molecule has 1 aliphatic heterocycles. The van der Waals surface area contributed by atoms with Gasteiger partial charge in [0.2, 0.25) is 9.84 Å². The molecule has 0 aliphatic carbocycles. The molecule has 1 aliphatic rings. The summed E-state index contributed by atoms with van der Waals surface area (Å²) in [6.07, 6.45) is 1.63. The van der Waals surface area contributed by atoms with Crippen molar-refractivity contribution < 1.29 is 22.0 Å². The first-order valence-electron chi connectivity index (χ1n) is 8.66. The van der Waals surface area contributed by atoms with Gasteiger partial charge in [0.1, 0.15) is 5.01 Å². The Balaban J connectivity index is 1.60. The predicted molar refractivity (Wildman–Crippen MR) is 102 cm³/mol. The molecule has 146 valence electrons. The van der Waals surface area contributed by atoms with Crippen LogP contribution in [0.2, 0.25) is 0 Å². The molecular weight excluding hydrogens is 406 g/mol. The zero-order chi connectivity index (χ0) is 19.9. The average molecular weight is 422 g/mol. The second-order valence-electron chi connectivity index (χ2n) is 6.51. The molecule has 0 spiro atoms. The minimum atomic E-state index is -4.67. The Labute approximate surface area is 164 Å². The summed E-state index contributed by atoms with van der Waals surface area (Å²) < 4.78 is 49.5. The lowest BCUT2D eigenvalue weighted by molar-refractivity contribution is 0.0735. The first kappa shape index (κ1) is 18.9. The van der Waals surface area contributed by atoms with Gasteiger partial charge in [0.15, 0.2) is 0 Å². The number of carbonyl (C=O) groups is 1. The van der Waals surface area contributed by atoms with Gasteiger partial charge in [0.05, 0.1) is 21.2 Å². The highest BCUT2D eigenvalue weighted by Gasteiger charge is 2.33. The van der Waals surface area contributed by atoms with Crippen LogP contribution in [0.1, 0.15) is 34.2 Å². The first-order valence-corrected chi connectivity index (χ1v) is 11.0. The number of alkyl halides is 2. The van der Waals surface area contributed by atoms with Crippen LogP contribution in [0.5, 0.6) is 0 Å². The van der Waals surface area contributed by atoms with Crippen LogP contribution in [0.15, 0.2) is 53.4 Å². The molecule has 2 aromatic carbocycles. The number of hydrogen-bond acceptors (Lipinski definition) is 5. The van der Waals surface area contributed by atoms with E-state index in [0.717, 1.165) is 40.2 Å². The predicted octanol–water partition coefficient (Wildman–Crippen LogP) is 4.27. The molecular formula is C19H16F2N2O3S2. The van der Waals surface area contributed by atoms with Gasteiger partial charge in [-0.1, -0.05) is 12.1 Å². The van der Waals surface area contributed by atoms with Crippen LogP contribution in [0.25, 0.3) is 10.2 Å². The van der Waals surface area contributed by atoms with Crippen LogP contribution in [-0.4, -0.2) is 36.5 Å². The highest BCUT2D eigenvalue weighted by Crippen LogP contribution is 2.37. The number of rotatable bonds is 4. The number of carbonyl (C=O) groups excluding carboxylic acids is 1. The van der Waals surface area contributed by atoms with E-state index >= 15 is 0 Å². The highest BCUT2D eigenvalue weighted by molar-refractivity contribution is 7.91. The summed E-state index contributed by atoms with van der Waals surface area (Å²) in [5.74, 6) is -3.75. The van der Waals surface area contributed by atoms with Gasteiger partial charge in [0, 0.05) is 12.1 Å². The van der Waals surface area contributed by atoms with Crippen molar-refractivity contribution in [2.24, 2.45) is 0 Å². The number of amides is 1. The largest absolute Gasteiger partial charge is 0.341 e. The molecule has 1 unspecified atom stereocenters. The molecule has 0 N–H and O–H groups in total. The molecule has 1 atom stereocenters. The molecule has 1 aromatic heterocycles. The number of fused-ring (bicyclic) bond motifs is 1. The van der Waals surface area contributed by atoms with E-state index in [1.807, 2.05) is 24.3 Å². The third-order valence-electron chi connectivity index (χ3n) is 4.77. The minimum Gasteiger partial charge on any atom is -0.329 e. The fraction of sp³-hybridized carbons (Fsp3) is 0.263. The maximum absolute atomic E-state index is 12.9. The summed E-state index contributed by atoms with van der Waals surface area (Å²) >= 11 is 1.55. The van der Waals surface area contributed by atoms with Gasteiger partial charge in [-0.25, -0.2) is 13.4 Å². The third kappa shape index (κ3) is 3.29. The zero-order valence-corrected chi connectivity index (χ0v) is 16.2. The van der Waals surface area contributed by atoms with Crippen molar-refractivity contribution in [3.8, 4) is 0 Å². The number of likely N-dealkylation sites (tertiary alicyclic amines) is 1. The lowest BCUT2D eigenvalue weighted by Crippen LogP contribution is -2.30. The van der Waals surface area contributed by atoms with Gasteiger partial charge in [-0.2, -0.15) is 8.78 Å². The SMILES string of the molecule is O=C(c1ccc(S(=O)(=O)C(F)F)cc1)N1CCCC1c1nc2ccccc2s1. The number of nitrogens with zero attached hydrogens (tertiary/aromatic N) is 2. The standard InChI is InChI=1S/C19H16F2N2O3S2/c20-19(21)28(25,26)13-9-7-12(8-10-13)18(24)23-11-3-5-15(23)17-22-14-4-1-2-6-16(14)27-17/h1-2,4,6-10,15,19H,3,5,11H2. The van der Waals surface area contributed by atoms with E-state index < -0.39 is 20.5 Å². The van der Waals surface area contributed by atoms with Crippen molar-refractivity contribution in [2.75, 3.05) is 6.54 Å². The second-order valence-corrected chi connectivity index (χ2v) is 9.49. The Hall–Kier alpha value is -2.39. The number of benzene rings is 2. The first-order chi connectivity index (χ1) is 13.4. The van der Waals surface area contributed by atoms with Gasteiger partial charge >= 0.3 is 5.76 Å². The summed E-state index contributed by atoms with van der Waals surface area (Å²) in [7, 11) is -4.67. The van der Waals surface area contributed by atoms with E-state index in [4.69, 9.17) is 0 Å². The van der Waals surface area contributed by atoms with E-state index in [-0.39, 0.29) is 17.5 Å². The number of hydrogen-bond donors (Lipinski definition) is 0. The van der Waals surface area contributed by atoms with Crippen molar-refractivity contribution in [1.29, 1.82) is 0 Å². The summed E-state index contributed by atoms with van der Waals surface area (Å²) in [6, 6.07) is 12.3. The number of aromatic nitrogens is 1. The molecule has 2 heterocycles. The topological polar surface area (TPSA) is 67.3 Å². The summed E-state index contributed by atoms with van der Waals surface area (Å²) in [5, 5.41) is 0.865. The summed E-state index contributed by atoms with van der Waals surface area (Å²) in [5.41, 5.74) is 1.16. The molecule has 9 heteroatoms. The number of halogens is 2. The van der Waals surface area contributed by atoms with Crippen LogP contribution < -0.4 is 0 Å². The van der Waals surface area contributed by atoms with E-state index in [1.165, 1.54) is 12.1 Å². The van der Waals surface area contributed by atoms with Crippen LogP contribution >= 0.6 is 11.3 Å². The molecule has 0 saturated carbocycles. The monoisotopic (exact) mass is 422 g/mol.